The van der Waals surface area contributed by atoms with Crippen LogP contribution in [0.1, 0.15) is 31.0 Å². The molecule has 1 aromatic heterocycles. The number of nitrogens with zero attached hydrogens (tertiary/aromatic N) is 3. The molecule has 4 rings (SSSR count). The summed E-state index contributed by atoms with van der Waals surface area (Å²) >= 11 is 0. The molecule has 1 aliphatic heterocycles. The largest absolute Gasteiger partial charge is 0.497 e. The summed E-state index contributed by atoms with van der Waals surface area (Å²) in [6, 6.07) is 11.8. The molecule has 0 unspecified atom stereocenters. The zero-order valence-electron chi connectivity index (χ0n) is 17.0. The molecule has 1 atom stereocenters. The summed E-state index contributed by atoms with van der Waals surface area (Å²) in [7, 11) is -2.28. The Kier molecular flexibility index (Phi) is 5.88. The summed E-state index contributed by atoms with van der Waals surface area (Å²) in [4.78, 5) is 8.64. The highest BCUT2D eigenvalue weighted by Gasteiger charge is 2.36. The number of rotatable bonds is 5. The van der Waals surface area contributed by atoms with Crippen LogP contribution in [0, 0.1) is 5.82 Å². The highest BCUT2D eigenvalue weighted by molar-refractivity contribution is 7.89. The van der Waals surface area contributed by atoms with E-state index in [9.17, 15) is 12.8 Å². The number of halogens is 1. The molecule has 0 bridgehead atoms. The average molecular weight is 443 g/mol. The second-order valence-electron chi connectivity index (χ2n) is 7.34. The fourth-order valence-corrected chi connectivity index (χ4v) is 5.54. The zero-order valence-corrected chi connectivity index (χ0v) is 17.8. The van der Waals surface area contributed by atoms with Gasteiger partial charge in [-0.2, -0.15) is 4.31 Å². The van der Waals surface area contributed by atoms with Crippen molar-refractivity contribution in [3.8, 4) is 16.9 Å². The van der Waals surface area contributed by atoms with Gasteiger partial charge in [0.05, 0.1) is 23.7 Å². The van der Waals surface area contributed by atoms with E-state index in [2.05, 4.69) is 9.97 Å². The molecule has 3 aromatic rings. The van der Waals surface area contributed by atoms with E-state index in [4.69, 9.17) is 10.5 Å². The fourth-order valence-electron chi connectivity index (χ4n) is 3.88. The Morgan fingerprint density at radius 3 is 2.68 bits per heavy atom. The number of piperidine rings is 1. The molecule has 2 heterocycles. The van der Waals surface area contributed by atoms with Crippen LogP contribution in [-0.2, 0) is 10.0 Å². The van der Waals surface area contributed by atoms with Crippen molar-refractivity contribution in [2.24, 2.45) is 0 Å². The highest BCUT2D eigenvalue weighted by atomic mass is 32.2. The van der Waals surface area contributed by atoms with Crippen LogP contribution in [0.15, 0.2) is 59.6 Å². The molecule has 2 N–H and O–H groups in total. The van der Waals surface area contributed by atoms with E-state index in [-0.39, 0.29) is 10.8 Å². The first-order valence-electron chi connectivity index (χ1n) is 9.94. The van der Waals surface area contributed by atoms with Crippen LogP contribution in [0.25, 0.3) is 11.1 Å². The first kappa shape index (κ1) is 21.2. The lowest BCUT2D eigenvalue weighted by atomic mass is 9.95. The number of sulfonamides is 1. The number of aromatic nitrogens is 2. The Morgan fingerprint density at radius 2 is 1.94 bits per heavy atom. The molecule has 31 heavy (non-hydrogen) atoms. The zero-order chi connectivity index (χ0) is 22.0. The number of benzene rings is 2. The van der Waals surface area contributed by atoms with Gasteiger partial charge in [0, 0.05) is 18.3 Å². The Hall–Kier alpha value is -3.04. The van der Waals surface area contributed by atoms with Crippen LogP contribution in [0.3, 0.4) is 0 Å². The molecule has 0 amide bonds. The minimum absolute atomic E-state index is 0.0470. The molecule has 162 valence electrons. The summed E-state index contributed by atoms with van der Waals surface area (Å²) in [5.41, 5.74) is 7.94. The second-order valence-corrected chi connectivity index (χ2v) is 9.23. The maximum absolute atomic E-state index is 13.4. The molecule has 0 spiro atoms. The summed E-state index contributed by atoms with van der Waals surface area (Å²) < 4.78 is 47.0. The van der Waals surface area contributed by atoms with Crippen molar-refractivity contribution in [1.29, 1.82) is 0 Å². The Labute approximate surface area is 180 Å². The number of anilines is 1. The second kappa shape index (κ2) is 8.60. The normalized spacial score (nSPS) is 17.4. The Balaban J connectivity index is 1.81. The van der Waals surface area contributed by atoms with E-state index < -0.39 is 21.9 Å². The van der Waals surface area contributed by atoms with E-state index in [1.54, 1.807) is 13.3 Å². The minimum atomic E-state index is -3.86. The average Bonchev–Trinajstić information content (AvgIpc) is 2.79. The molecule has 7 nitrogen and oxygen atoms in total. The number of methoxy groups -OCH3 is 1. The van der Waals surface area contributed by atoms with Crippen LogP contribution in [0.2, 0.25) is 0 Å². The summed E-state index contributed by atoms with van der Waals surface area (Å²) in [5.74, 6) is 0.254. The van der Waals surface area contributed by atoms with E-state index in [0.717, 1.165) is 30.5 Å². The van der Waals surface area contributed by atoms with Gasteiger partial charge in [0.25, 0.3) is 0 Å². The van der Waals surface area contributed by atoms with Crippen LogP contribution in [-0.4, -0.2) is 36.3 Å². The van der Waals surface area contributed by atoms with E-state index in [1.807, 2.05) is 24.3 Å². The van der Waals surface area contributed by atoms with Crippen molar-refractivity contribution in [2.75, 3.05) is 19.4 Å². The molecule has 1 saturated heterocycles. The van der Waals surface area contributed by atoms with Gasteiger partial charge in [-0.25, -0.2) is 22.8 Å². The smallest absolute Gasteiger partial charge is 0.243 e. The van der Waals surface area contributed by atoms with Gasteiger partial charge in [-0.05, 0) is 54.8 Å². The third-order valence-corrected chi connectivity index (χ3v) is 7.33. The Morgan fingerprint density at radius 1 is 1.16 bits per heavy atom. The Bertz CT molecular complexity index is 1190. The van der Waals surface area contributed by atoms with Gasteiger partial charge in [0.15, 0.2) is 0 Å². The van der Waals surface area contributed by atoms with Crippen LogP contribution in [0.5, 0.6) is 5.75 Å². The maximum atomic E-state index is 13.4. The van der Waals surface area contributed by atoms with Gasteiger partial charge in [0.2, 0.25) is 16.0 Å². The molecule has 9 heteroatoms. The molecule has 0 aliphatic carbocycles. The molecular weight excluding hydrogens is 419 g/mol. The third kappa shape index (κ3) is 4.24. The van der Waals surface area contributed by atoms with Crippen LogP contribution >= 0.6 is 0 Å². The molecule has 1 aliphatic rings. The lowest BCUT2D eigenvalue weighted by Crippen LogP contribution is -2.39. The van der Waals surface area contributed by atoms with E-state index in [0.29, 0.717) is 30.0 Å². The topological polar surface area (TPSA) is 98.4 Å². The number of nitrogen functional groups attached to an aromatic ring is 1. The van der Waals surface area contributed by atoms with Crippen molar-refractivity contribution in [3.63, 3.8) is 0 Å². The first-order chi connectivity index (χ1) is 14.9. The van der Waals surface area contributed by atoms with Crippen LogP contribution in [0.4, 0.5) is 10.3 Å². The SMILES string of the molecule is COc1cccc(-c2cnc(N)nc2[C@@H]2CCCCN2S(=O)(=O)c2ccc(F)cc2)c1. The predicted molar refractivity (Wildman–Crippen MR) is 115 cm³/mol. The predicted octanol–water partition coefficient (Wildman–Crippen LogP) is 3.79. The molecule has 0 radical (unpaired) electrons. The highest BCUT2D eigenvalue weighted by Crippen LogP contribution is 2.39. The van der Waals surface area contributed by atoms with Gasteiger partial charge in [-0.3, -0.25) is 0 Å². The number of hydrogen-bond donors (Lipinski definition) is 1. The molecule has 2 aromatic carbocycles. The van der Waals surface area contributed by atoms with E-state index in [1.165, 1.54) is 16.4 Å². The van der Waals surface area contributed by atoms with Crippen molar-refractivity contribution < 1.29 is 17.5 Å². The summed E-state index contributed by atoms with van der Waals surface area (Å²) in [6.07, 6.45) is 3.78. The van der Waals surface area contributed by atoms with Gasteiger partial charge in [-0.1, -0.05) is 18.6 Å². The van der Waals surface area contributed by atoms with Crippen molar-refractivity contribution in [1.82, 2.24) is 14.3 Å². The van der Waals surface area contributed by atoms with Gasteiger partial charge in [-0.15, -0.1) is 0 Å². The molecule has 0 saturated carbocycles. The van der Waals surface area contributed by atoms with E-state index >= 15 is 0 Å². The van der Waals surface area contributed by atoms with Gasteiger partial charge < -0.3 is 10.5 Å². The van der Waals surface area contributed by atoms with Crippen molar-refractivity contribution >= 4 is 16.0 Å². The summed E-state index contributed by atoms with van der Waals surface area (Å²) in [6.45, 7) is 0.339. The van der Waals surface area contributed by atoms with Crippen molar-refractivity contribution in [3.05, 3.63) is 66.2 Å². The van der Waals surface area contributed by atoms with Gasteiger partial charge in [0.1, 0.15) is 11.6 Å². The van der Waals surface area contributed by atoms with Crippen LogP contribution < -0.4 is 10.5 Å². The summed E-state index contributed by atoms with van der Waals surface area (Å²) in [5, 5.41) is 0. The van der Waals surface area contributed by atoms with Crippen molar-refractivity contribution in [2.45, 2.75) is 30.2 Å². The maximum Gasteiger partial charge on any atom is 0.243 e. The monoisotopic (exact) mass is 442 g/mol. The van der Waals surface area contributed by atoms with Gasteiger partial charge >= 0.3 is 0 Å². The lowest BCUT2D eigenvalue weighted by Gasteiger charge is -2.35. The fraction of sp³-hybridized carbons (Fsp3) is 0.273. The number of nitrogens with two attached hydrogens (primary N) is 1. The number of ether oxygens (including phenoxy) is 1. The molecular formula is C22H23FN4O3S. The standard InChI is InChI=1S/C22H23FN4O3S/c1-30-17-6-4-5-15(13-17)19-14-25-22(24)26-21(19)20-7-2-3-12-27(20)31(28,29)18-10-8-16(23)9-11-18/h4-6,8-11,13-14,20H,2-3,7,12H2,1H3,(H2,24,25,26)/t20-/m0/s1. The minimum Gasteiger partial charge on any atom is -0.497 e. The third-order valence-electron chi connectivity index (χ3n) is 5.41. The number of hydrogen-bond acceptors (Lipinski definition) is 6. The lowest BCUT2D eigenvalue weighted by molar-refractivity contribution is 0.252. The first-order valence-corrected chi connectivity index (χ1v) is 11.4. The quantitative estimate of drug-likeness (QED) is 0.646. The molecule has 1 fully saturated rings.